The Morgan fingerprint density at radius 2 is 1.46 bits per heavy atom. The fraction of sp³-hybridized carbons (Fsp3) is 0.438. The third-order valence-corrected chi connectivity index (χ3v) is 7.81. The van der Waals surface area contributed by atoms with Crippen molar-refractivity contribution in [1.29, 1.82) is 0 Å². The summed E-state index contributed by atoms with van der Waals surface area (Å²) in [4.78, 5) is 0. The van der Waals surface area contributed by atoms with Gasteiger partial charge in [0, 0.05) is 5.39 Å². The van der Waals surface area contributed by atoms with Crippen molar-refractivity contribution in [2.24, 2.45) is 11.8 Å². The molecule has 210 valence electrons. The van der Waals surface area contributed by atoms with Crippen LogP contribution in [0, 0.1) is 29.3 Å². The van der Waals surface area contributed by atoms with E-state index in [4.69, 9.17) is 0 Å². The van der Waals surface area contributed by atoms with E-state index in [0.717, 1.165) is 48.6 Å². The summed E-state index contributed by atoms with van der Waals surface area (Å²) in [5, 5.41) is 1.30. The Hall–Kier alpha value is -2.96. The molecule has 0 aliphatic heterocycles. The van der Waals surface area contributed by atoms with Gasteiger partial charge in [-0.15, -0.1) is 6.58 Å². The fourth-order valence-corrected chi connectivity index (χ4v) is 5.60. The largest absolute Gasteiger partial charge is 0.478 e. The summed E-state index contributed by atoms with van der Waals surface area (Å²) in [7, 11) is 0. The molecule has 0 atom stereocenters. The molecule has 1 aliphatic carbocycles. The Morgan fingerprint density at radius 3 is 2.10 bits per heavy atom. The second kappa shape index (κ2) is 12.9. The average Bonchev–Trinajstić information content (AvgIpc) is 2.90. The number of hydrogen-bond donors (Lipinski definition) is 0. The minimum atomic E-state index is -4.71. The first-order valence-corrected chi connectivity index (χ1v) is 13.6. The van der Waals surface area contributed by atoms with Gasteiger partial charge in [0.15, 0.2) is 24.0 Å². The van der Waals surface area contributed by atoms with Gasteiger partial charge in [0.25, 0.3) is 0 Å². The SMILES string of the molecule is C=CCCC1CCC(CCc2ccc3c(F)c(CCc4cc(F)c(OCC(F)(F)F)c(F)c4)ccc3c2)CC1. The highest BCUT2D eigenvalue weighted by molar-refractivity contribution is 5.84. The zero-order valence-electron chi connectivity index (χ0n) is 21.9. The number of fused-ring (bicyclic) bond motifs is 1. The third-order valence-electron chi connectivity index (χ3n) is 7.81. The lowest BCUT2D eigenvalue weighted by molar-refractivity contribution is -0.154. The number of hydrogen-bond acceptors (Lipinski definition) is 1. The number of alkyl halides is 3. The number of halogens is 6. The monoisotopic (exact) mass is 548 g/mol. The molecular formula is C32H34F6O. The molecule has 0 heterocycles. The first kappa shape index (κ1) is 29.0. The zero-order chi connectivity index (χ0) is 28.0. The van der Waals surface area contributed by atoms with Gasteiger partial charge >= 0.3 is 6.18 Å². The van der Waals surface area contributed by atoms with Crippen LogP contribution in [0.1, 0.15) is 61.6 Å². The highest BCUT2D eigenvalue weighted by atomic mass is 19.4. The molecule has 1 nitrogen and oxygen atoms in total. The molecule has 3 aromatic carbocycles. The summed E-state index contributed by atoms with van der Waals surface area (Å²) in [6.07, 6.45) is 7.14. The minimum Gasteiger partial charge on any atom is -0.478 e. The van der Waals surface area contributed by atoms with Crippen LogP contribution in [0.2, 0.25) is 0 Å². The molecule has 0 bridgehead atoms. The molecule has 39 heavy (non-hydrogen) atoms. The van der Waals surface area contributed by atoms with Gasteiger partial charge < -0.3 is 4.74 Å². The lowest BCUT2D eigenvalue weighted by Gasteiger charge is -2.28. The smallest absolute Gasteiger partial charge is 0.422 e. The van der Waals surface area contributed by atoms with Crippen molar-refractivity contribution in [1.82, 2.24) is 0 Å². The Kier molecular flexibility index (Phi) is 9.62. The molecule has 0 amide bonds. The Morgan fingerprint density at radius 1 is 0.795 bits per heavy atom. The van der Waals surface area contributed by atoms with Crippen LogP contribution in [0.3, 0.4) is 0 Å². The van der Waals surface area contributed by atoms with E-state index in [-0.39, 0.29) is 24.2 Å². The highest BCUT2D eigenvalue weighted by Gasteiger charge is 2.30. The molecule has 0 saturated heterocycles. The molecule has 0 aromatic heterocycles. The number of ether oxygens (including phenoxy) is 1. The lowest BCUT2D eigenvalue weighted by Crippen LogP contribution is -2.20. The zero-order valence-corrected chi connectivity index (χ0v) is 21.9. The molecule has 1 fully saturated rings. The van der Waals surface area contributed by atoms with E-state index in [1.54, 1.807) is 12.1 Å². The third kappa shape index (κ3) is 8.02. The highest BCUT2D eigenvalue weighted by Crippen LogP contribution is 2.34. The average molecular weight is 549 g/mol. The van der Waals surface area contributed by atoms with Crippen LogP contribution in [0.25, 0.3) is 10.8 Å². The molecule has 0 radical (unpaired) electrons. The molecule has 7 heteroatoms. The predicted octanol–water partition coefficient (Wildman–Crippen LogP) is 9.69. The molecule has 4 rings (SSSR count). The standard InChI is InChI=1S/C32H34F6O/c1-2-3-4-21-5-7-22(8-6-21)9-10-23-12-16-27-26(17-23)15-14-25(30(27)35)13-11-24-18-28(33)31(29(34)19-24)39-20-32(36,37)38/h2,12,14-19,21-22H,1,3-11,13,20H2. The fourth-order valence-electron chi connectivity index (χ4n) is 5.60. The van der Waals surface area contributed by atoms with E-state index in [1.165, 1.54) is 37.7 Å². The van der Waals surface area contributed by atoms with Crippen LogP contribution in [0.4, 0.5) is 26.3 Å². The van der Waals surface area contributed by atoms with Gasteiger partial charge in [-0.25, -0.2) is 13.2 Å². The molecule has 0 spiro atoms. The van der Waals surface area contributed by atoms with Crippen LogP contribution in [-0.4, -0.2) is 12.8 Å². The maximum Gasteiger partial charge on any atom is 0.422 e. The predicted molar refractivity (Wildman–Crippen MR) is 142 cm³/mol. The normalized spacial score (nSPS) is 17.9. The van der Waals surface area contributed by atoms with E-state index in [0.29, 0.717) is 10.9 Å². The summed E-state index contributed by atoms with van der Waals surface area (Å²) in [6, 6.07) is 11.2. The van der Waals surface area contributed by atoms with E-state index >= 15 is 4.39 Å². The van der Waals surface area contributed by atoms with Gasteiger partial charge in [0.2, 0.25) is 0 Å². The van der Waals surface area contributed by atoms with Gasteiger partial charge in [-0.3, -0.25) is 0 Å². The van der Waals surface area contributed by atoms with Gasteiger partial charge in [-0.2, -0.15) is 13.2 Å². The molecule has 1 saturated carbocycles. The van der Waals surface area contributed by atoms with Gasteiger partial charge in [-0.05, 0) is 84.6 Å². The first-order chi connectivity index (χ1) is 18.6. The Bertz CT molecular complexity index is 1250. The second-order valence-electron chi connectivity index (χ2n) is 10.7. The number of aryl methyl sites for hydroxylation is 3. The lowest BCUT2D eigenvalue weighted by atomic mass is 9.78. The van der Waals surface area contributed by atoms with Crippen LogP contribution < -0.4 is 4.74 Å². The van der Waals surface area contributed by atoms with Crippen molar-refractivity contribution in [2.75, 3.05) is 6.61 Å². The van der Waals surface area contributed by atoms with Crippen molar-refractivity contribution >= 4 is 10.8 Å². The summed E-state index contributed by atoms with van der Waals surface area (Å²) in [5.41, 5.74) is 1.79. The summed E-state index contributed by atoms with van der Waals surface area (Å²) < 4.78 is 84.8. The van der Waals surface area contributed by atoms with Crippen LogP contribution in [-0.2, 0) is 19.3 Å². The number of benzene rings is 3. The number of allylic oxidation sites excluding steroid dienone is 1. The van der Waals surface area contributed by atoms with Crippen molar-refractivity contribution in [3.05, 3.63) is 89.3 Å². The Balaban J connectivity index is 1.34. The quantitative estimate of drug-likeness (QED) is 0.171. The summed E-state index contributed by atoms with van der Waals surface area (Å²) in [6.45, 7) is 2.03. The molecule has 3 aromatic rings. The van der Waals surface area contributed by atoms with Crippen LogP contribution >= 0.6 is 0 Å². The van der Waals surface area contributed by atoms with E-state index in [9.17, 15) is 22.0 Å². The summed E-state index contributed by atoms with van der Waals surface area (Å²) >= 11 is 0. The maximum absolute atomic E-state index is 15.3. The van der Waals surface area contributed by atoms with Crippen molar-refractivity contribution in [2.45, 2.75) is 70.4 Å². The van der Waals surface area contributed by atoms with Gasteiger partial charge in [0.1, 0.15) is 5.82 Å². The second-order valence-corrected chi connectivity index (χ2v) is 10.7. The van der Waals surface area contributed by atoms with Crippen molar-refractivity contribution in [3.8, 4) is 5.75 Å². The van der Waals surface area contributed by atoms with E-state index in [2.05, 4.69) is 11.3 Å². The molecule has 0 N–H and O–H groups in total. The number of rotatable bonds is 11. The van der Waals surface area contributed by atoms with Crippen LogP contribution in [0.5, 0.6) is 5.75 Å². The molecule has 1 aliphatic rings. The van der Waals surface area contributed by atoms with E-state index < -0.39 is 30.2 Å². The van der Waals surface area contributed by atoms with Crippen LogP contribution in [0.15, 0.2) is 55.1 Å². The topological polar surface area (TPSA) is 9.23 Å². The van der Waals surface area contributed by atoms with Gasteiger partial charge in [0.05, 0.1) is 0 Å². The minimum absolute atomic E-state index is 0.115. The van der Waals surface area contributed by atoms with Crippen molar-refractivity contribution in [3.63, 3.8) is 0 Å². The van der Waals surface area contributed by atoms with Crippen molar-refractivity contribution < 1.29 is 31.1 Å². The molecular weight excluding hydrogens is 514 g/mol. The molecule has 0 unspecified atom stereocenters. The first-order valence-electron chi connectivity index (χ1n) is 13.6. The van der Waals surface area contributed by atoms with Gasteiger partial charge in [-0.1, -0.05) is 62.1 Å². The Labute approximate surface area is 225 Å². The summed E-state index contributed by atoms with van der Waals surface area (Å²) in [5.74, 6) is -2.32. The van der Waals surface area contributed by atoms with E-state index in [1.807, 2.05) is 24.3 Å². The maximum atomic E-state index is 15.3.